The molecule has 2 aromatic carbocycles. The molecule has 4 heteroatoms. The number of methoxy groups -OCH3 is 1. The number of likely N-dealkylation sites (N-methyl/N-ethyl adjacent to an activating group) is 1. The Kier molecular flexibility index (Phi) is 4.00. The smallest absolute Gasteiger partial charge is 0.262 e. The Morgan fingerprint density at radius 3 is 2.84 bits per heavy atom. The molecule has 1 unspecified atom stereocenters. The molecule has 1 N–H and O–H groups in total. The lowest BCUT2D eigenvalue weighted by Gasteiger charge is -2.34. The Labute approximate surface area is 149 Å². The highest BCUT2D eigenvalue weighted by atomic mass is 16.5. The number of hydrogen-bond donors (Lipinski definition) is 1. The number of amides is 1. The molecule has 0 radical (unpaired) electrons. The highest BCUT2D eigenvalue weighted by Gasteiger charge is 2.46. The maximum absolute atomic E-state index is 13.4. The third-order valence-electron chi connectivity index (χ3n) is 5.63. The summed E-state index contributed by atoms with van der Waals surface area (Å²) < 4.78 is 5.43. The highest BCUT2D eigenvalue weighted by Crippen LogP contribution is 2.44. The summed E-state index contributed by atoms with van der Waals surface area (Å²) in [5.41, 5.74) is 4.30. The molecule has 1 fully saturated rings. The Hall–Kier alpha value is -2.33. The van der Waals surface area contributed by atoms with Crippen LogP contribution < -0.4 is 14.5 Å². The second kappa shape index (κ2) is 6.19. The molecule has 2 heterocycles. The monoisotopic (exact) mass is 337 g/mol. The molecule has 2 aromatic rings. The first kappa shape index (κ1) is 16.2. The SMILES string of the molecule is COc1ccccc1C(=O)N1c2ccc(C)cc2[C@H]2C[NH+](C)CC[C@@H]21. The standard InChI is InChI=1S/C21H24N2O2/c1-14-8-9-18-16(12-14)17-13-22(2)11-10-19(17)23(18)21(24)15-6-4-5-7-20(15)25-3/h4-9,12,17,19H,10-11,13H2,1-3H3/p+1/t17-,19+/m1/s1. The van der Waals surface area contributed by atoms with Crippen LogP contribution in [0.2, 0.25) is 0 Å². The highest BCUT2D eigenvalue weighted by molar-refractivity contribution is 6.09. The van der Waals surface area contributed by atoms with Crippen molar-refractivity contribution in [1.29, 1.82) is 0 Å². The molecule has 1 saturated heterocycles. The van der Waals surface area contributed by atoms with E-state index in [1.807, 2.05) is 29.2 Å². The van der Waals surface area contributed by atoms with Gasteiger partial charge in [-0.15, -0.1) is 0 Å². The predicted molar refractivity (Wildman–Crippen MR) is 98.7 cm³/mol. The molecule has 3 atom stereocenters. The maximum Gasteiger partial charge on any atom is 0.262 e. The summed E-state index contributed by atoms with van der Waals surface area (Å²) in [7, 11) is 3.87. The molecular formula is C21H25N2O2+. The van der Waals surface area contributed by atoms with E-state index in [0.29, 0.717) is 17.2 Å². The number of piperidine rings is 1. The number of nitrogens with zero attached hydrogens (tertiary/aromatic N) is 1. The third kappa shape index (κ3) is 2.61. The molecule has 4 nitrogen and oxygen atoms in total. The minimum absolute atomic E-state index is 0.0506. The topological polar surface area (TPSA) is 34.0 Å². The molecule has 1 amide bonds. The van der Waals surface area contributed by atoms with Gasteiger partial charge in [0.25, 0.3) is 5.91 Å². The van der Waals surface area contributed by atoms with Crippen LogP contribution >= 0.6 is 0 Å². The van der Waals surface area contributed by atoms with Gasteiger partial charge in [0.2, 0.25) is 0 Å². The number of quaternary nitrogens is 1. The zero-order valence-corrected chi connectivity index (χ0v) is 15.1. The van der Waals surface area contributed by atoms with Crippen LogP contribution in [0.1, 0.15) is 33.8 Å². The lowest BCUT2D eigenvalue weighted by molar-refractivity contribution is -0.886. The van der Waals surface area contributed by atoms with Crippen LogP contribution in [-0.2, 0) is 0 Å². The summed E-state index contributed by atoms with van der Waals surface area (Å²) in [5, 5.41) is 0. The zero-order valence-electron chi connectivity index (χ0n) is 15.1. The fourth-order valence-corrected chi connectivity index (χ4v) is 4.42. The number of carbonyl (C=O) groups is 1. The summed E-state index contributed by atoms with van der Waals surface area (Å²) >= 11 is 0. The molecule has 25 heavy (non-hydrogen) atoms. The zero-order chi connectivity index (χ0) is 17.6. The van der Waals surface area contributed by atoms with Crippen molar-refractivity contribution >= 4 is 11.6 Å². The van der Waals surface area contributed by atoms with Crippen molar-refractivity contribution in [3.8, 4) is 5.75 Å². The number of para-hydroxylation sites is 1. The van der Waals surface area contributed by atoms with Gasteiger partial charge in [-0.3, -0.25) is 4.79 Å². The minimum atomic E-state index is 0.0506. The van der Waals surface area contributed by atoms with Gasteiger partial charge in [0.1, 0.15) is 5.75 Å². The average Bonchev–Trinajstić information content (AvgIpc) is 2.94. The van der Waals surface area contributed by atoms with E-state index in [1.165, 1.54) is 11.1 Å². The lowest BCUT2D eigenvalue weighted by atomic mass is 9.88. The van der Waals surface area contributed by atoms with Crippen molar-refractivity contribution in [2.75, 3.05) is 32.1 Å². The van der Waals surface area contributed by atoms with Gasteiger partial charge in [-0.2, -0.15) is 0 Å². The Morgan fingerprint density at radius 1 is 1.24 bits per heavy atom. The average molecular weight is 337 g/mol. The molecule has 2 aliphatic heterocycles. The quantitative estimate of drug-likeness (QED) is 0.910. The first-order valence-electron chi connectivity index (χ1n) is 8.98. The van der Waals surface area contributed by atoms with Crippen LogP contribution in [0.4, 0.5) is 5.69 Å². The molecule has 2 aliphatic rings. The van der Waals surface area contributed by atoms with Crippen LogP contribution in [0, 0.1) is 6.92 Å². The number of rotatable bonds is 2. The lowest BCUT2D eigenvalue weighted by Crippen LogP contribution is -3.11. The van der Waals surface area contributed by atoms with Gasteiger partial charge in [0, 0.05) is 12.1 Å². The summed E-state index contributed by atoms with van der Waals surface area (Å²) in [5.74, 6) is 1.11. The second-order valence-corrected chi connectivity index (χ2v) is 7.31. The first-order valence-corrected chi connectivity index (χ1v) is 8.98. The van der Waals surface area contributed by atoms with Gasteiger partial charge in [-0.05, 0) is 30.7 Å². The van der Waals surface area contributed by atoms with Crippen LogP contribution in [0.3, 0.4) is 0 Å². The van der Waals surface area contributed by atoms with E-state index < -0.39 is 0 Å². The number of anilines is 1. The van der Waals surface area contributed by atoms with Crippen molar-refractivity contribution in [3.63, 3.8) is 0 Å². The normalized spacial score (nSPS) is 24.6. The van der Waals surface area contributed by atoms with Crippen LogP contribution in [0.5, 0.6) is 5.75 Å². The number of benzene rings is 2. The molecule has 0 saturated carbocycles. The summed E-state index contributed by atoms with van der Waals surface area (Å²) in [6, 6.07) is 14.3. The van der Waals surface area contributed by atoms with E-state index in [9.17, 15) is 4.79 Å². The molecule has 130 valence electrons. The van der Waals surface area contributed by atoms with Crippen LogP contribution in [0.25, 0.3) is 0 Å². The van der Waals surface area contributed by atoms with Gasteiger partial charge in [-0.25, -0.2) is 0 Å². The molecule has 0 aromatic heterocycles. The number of aryl methyl sites for hydroxylation is 1. The molecule has 0 bridgehead atoms. The maximum atomic E-state index is 13.4. The Bertz CT molecular complexity index is 817. The van der Waals surface area contributed by atoms with Crippen molar-refractivity contribution in [2.45, 2.75) is 25.3 Å². The molecule has 0 aliphatic carbocycles. The predicted octanol–water partition coefficient (Wildman–Crippen LogP) is 2.03. The Morgan fingerprint density at radius 2 is 2.04 bits per heavy atom. The van der Waals surface area contributed by atoms with E-state index in [0.717, 1.165) is 25.2 Å². The van der Waals surface area contributed by atoms with Crippen molar-refractivity contribution in [3.05, 3.63) is 59.2 Å². The van der Waals surface area contributed by atoms with Gasteiger partial charge in [-0.1, -0.05) is 29.8 Å². The number of nitrogens with one attached hydrogen (secondary N) is 1. The first-order chi connectivity index (χ1) is 12.1. The fraction of sp³-hybridized carbons (Fsp3) is 0.381. The second-order valence-electron chi connectivity index (χ2n) is 7.31. The number of fused-ring (bicyclic) bond motifs is 3. The van der Waals surface area contributed by atoms with E-state index in [1.54, 1.807) is 12.0 Å². The fourth-order valence-electron chi connectivity index (χ4n) is 4.42. The van der Waals surface area contributed by atoms with E-state index in [-0.39, 0.29) is 11.9 Å². The molecule has 4 rings (SSSR count). The molecule has 0 spiro atoms. The van der Waals surface area contributed by atoms with Gasteiger partial charge < -0.3 is 14.5 Å². The number of carbonyl (C=O) groups excluding carboxylic acids is 1. The number of hydrogen-bond acceptors (Lipinski definition) is 2. The summed E-state index contributed by atoms with van der Waals surface area (Å²) in [4.78, 5) is 17.0. The van der Waals surface area contributed by atoms with Gasteiger partial charge in [0.05, 0.1) is 44.8 Å². The third-order valence-corrected chi connectivity index (χ3v) is 5.63. The van der Waals surface area contributed by atoms with Crippen molar-refractivity contribution in [2.24, 2.45) is 0 Å². The summed E-state index contributed by atoms with van der Waals surface area (Å²) in [6.07, 6.45) is 1.03. The van der Waals surface area contributed by atoms with Gasteiger partial charge >= 0.3 is 0 Å². The van der Waals surface area contributed by atoms with E-state index in [2.05, 4.69) is 32.2 Å². The Balaban J connectivity index is 1.80. The van der Waals surface area contributed by atoms with Crippen LogP contribution in [-0.4, -0.2) is 39.2 Å². The van der Waals surface area contributed by atoms with Crippen LogP contribution in [0.15, 0.2) is 42.5 Å². The summed E-state index contributed by atoms with van der Waals surface area (Å²) in [6.45, 7) is 4.31. The van der Waals surface area contributed by atoms with Crippen molar-refractivity contribution in [1.82, 2.24) is 0 Å². The number of ether oxygens (including phenoxy) is 1. The van der Waals surface area contributed by atoms with Gasteiger partial charge in [0.15, 0.2) is 0 Å². The number of likely N-dealkylation sites (tertiary alicyclic amines) is 1. The van der Waals surface area contributed by atoms with E-state index >= 15 is 0 Å². The molecular weight excluding hydrogens is 312 g/mol. The largest absolute Gasteiger partial charge is 0.496 e. The van der Waals surface area contributed by atoms with E-state index in [4.69, 9.17) is 4.74 Å². The minimum Gasteiger partial charge on any atom is -0.496 e. The van der Waals surface area contributed by atoms with Crippen molar-refractivity contribution < 1.29 is 14.4 Å².